The van der Waals surface area contributed by atoms with Crippen LogP contribution in [0.4, 0.5) is 4.39 Å². The summed E-state index contributed by atoms with van der Waals surface area (Å²) in [6.07, 6.45) is -0.819. The molecule has 65 valence electrons. The molecule has 0 aromatic heterocycles. The van der Waals surface area contributed by atoms with Crippen molar-refractivity contribution in [2.45, 2.75) is 20.0 Å². The van der Waals surface area contributed by atoms with Crippen molar-refractivity contribution in [1.82, 2.24) is 0 Å². The second kappa shape index (κ2) is 3.68. The second-order valence-electron chi connectivity index (χ2n) is 3.22. The first-order chi connectivity index (χ1) is 5.61. The molecule has 2 heteroatoms. The Balaban J connectivity index is 2.88. The van der Waals surface area contributed by atoms with Crippen LogP contribution in [0.3, 0.4) is 0 Å². The Morgan fingerprint density at radius 1 is 1.33 bits per heavy atom. The average molecular weight is 167 g/mol. The number of rotatable bonds is 2. The second-order valence-corrected chi connectivity index (χ2v) is 3.22. The highest BCUT2D eigenvalue weighted by molar-refractivity contribution is 5.18. The van der Waals surface area contributed by atoms with Crippen molar-refractivity contribution >= 4 is 0 Å². The van der Waals surface area contributed by atoms with E-state index in [0.29, 0.717) is 5.56 Å². The number of halogens is 1. The zero-order valence-corrected chi connectivity index (χ0v) is 7.25. The maximum absolute atomic E-state index is 12.7. The molecule has 0 bridgehead atoms. The third-order valence-electron chi connectivity index (χ3n) is 1.78. The average Bonchev–Trinajstić information content (AvgIpc) is 2.03. The van der Waals surface area contributed by atoms with E-state index in [1.54, 1.807) is 12.1 Å². The normalized spacial score (nSPS) is 13.4. The SMILES string of the molecule is CC(C)C([O])c1cccc(F)c1. The van der Waals surface area contributed by atoms with Crippen LogP contribution in [-0.2, 0) is 5.11 Å². The maximum atomic E-state index is 12.7. The Labute approximate surface area is 71.9 Å². The molecule has 0 saturated carbocycles. The van der Waals surface area contributed by atoms with Gasteiger partial charge in [0.2, 0.25) is 0 Å². The van der Waals surface area contributed by atoms with E-state index in [-0.39, 0.29) is 11.7 Å². The van der Waals surface area contributed by atoms with Gasteiger partial charge in [-0.15, -0.1) is 0 Å². The van der Waals surface area contributed by atoms with Crippen LogP contribution in [0.1, 0.15) is 25.5 Å². The van der Waals surface area contributed by atoms with Gasteiger partial charge in [-0.05, 0) is 23.6 Å². The van der Waals surface area contributed by atoms with E-state index in [4.69, 9.17) is 0 Å². The van der Waals surface area contributed by atoms with Gasteiger partial charge in [0.05, 0.1) is 0 Å². The van der Waals surface area contributed by atoms with Crippen molar-refractivity contribution in [3.63, 3.8) is 0 Å². The van der Waals surface area contributed by atoms with Crippen LogP contribution >= 0.6 is 0 Å². The van der Waals surface area contributed by atoms with Crippen molar-refractivity contribution in [2.24, 2.45) is 5.92 Å². The first-order valence-corrected chi connectivity index (χ1v) is 4.02. The summed E-state index contributed by atoms with van der Waals surface area (Å²) in [4.78, 5) is 0. The molecule has 0 heterocycles. The summed E-state index contributed by atoms with van der Waals surface area (Å²) >= 11 is 0. The van der Waals surface area contributed by atoms with Gasteiger partial charge in [0.1, 0.15) is 11.9 Å². The van der Waals surface area contributed by atoms with Crippen molar-refractivity contribution in [1.29, 1.82) is 0 Å². The molecule has 0 saturated heterocycles. The smallest absolute Gasteiger partial charge is 0.123 e. The fraction of sp³-hybridized carbons (Fsp3) is 0.400. The van der Waals surface area contributed by atoms with E-state index < -0.39 is 6.10 Å². The Morgan fingerprint density at radius 3 is 2.50 bits per heavy atom. The molecule has 1 nitrogen and oxygen atoms in total. The standard InChI is InChI=1S/C10H12FO/c1-7(2)10(12)8-4-3-5-9(11)6-8/h3-7,10H,1-2H3. The van der Waals surface area contributed by atoms with Gasteiger partial charge in [-0.3, -0.25) is 0 Å². The van der Waals surface area contributed by atoms with Gasteiger partial charge in [0, 0.05) is 0 Å². The molecule has 1 aromatic carbocycles. The lowest BCUT2D eigenvalue weighted by atomic mass is 9.99. The van der Waals surface area contributed by atoms with Crippen molar-refractivity contribution in [3.05, 3.63) is 35.6 Å². The van der Waals surface area contributed by atoms with Gasteiger partial charge in [-0.2, -0.15) is 0 Å². The number of hydrogen-bond acceptors (Lipinski definition) is 0. The van der Waals surface area contributed by atoms with E-state index in [2.05, 4.69) is 0 Å². The molecule has 0 amide bonds. The molecule has 1 aromatic rings. The van der Waals surface area contributed by atoms with Crippen LogP contribution in [0.15, 0.2) is 24.3 Å². The zero-order valence-electron chi connectivity index (χ0n) is 7.25. The van der Waals surface area contributed by atoms with Crippen LogP contribution in [0.5, 0.6) is 0 Å². The van der Waals surface area contributed by atoms with Crippen LogP contribution in [0.25, 0.3) is 0 Å². The fourth-order valence-electron chi connectivity index (χ4n) is 1.07. The summed E-state index contributed by atoms with van der Waals surface area (Å²) in [6.45, 7) is 3.67. The summed E-state index contributed by atoms with van der Waals surface area (Å²) in [7, 11) is 0. The lowest BCUT2D eigenvalue weighted by Gasteiger charge is -2.11. The fourth-order valence-corrected chi connectivity index (χ4v) is 1.07. The van der Waals surface area contributed by atoms with E-state index in [1.165, 1.54) is 12.1 Å². The van der Waals surface area contributed by atoms with Gasteiger partial charge in [0.15, 0.2) is 0 Å². The molecule has 1 radical (unpaired) electrons. The summed E-state index contributed by atoms with van der Waals surface area (Å²) in [5.41, 5.74) is 0.532. The van der Waals surface area contributed by atoms with Gasteiger partial charge >= 0.3 is 0 Å². The minimum absolute atomic E-state index is 0.00630. The predicted molar refractivity (Wildman–Crippen MR) is 44.7 cm³/mol. The van der Waals surface area contributed by atoms with E-state index in [1.807, 2.05) is 13.8 Å². The lowest BCUT2D eigenvalue weighted by Crippen LogP contribution is -2.03. The molecule has 1 rings (SSSR count). The summed E-state index contributed by atoms with van der Waals surface area (Å²) in [5, 5.41) is 11.4. The molecule has 0 spiro atoms. The highest BCUT2D eigenvalue weighted by Crippen LogP contribution is 2.21. The third kappa shape index (κ3) is 2.05. The predicted octanol–water partition coefficient (Wildman–Crippen LogP) is 2.95. The monoisotopic (exact) mass is 167 g/mol. The van der Waals surface area contributed by atoms with Crippen molar-refractivity contribution in [2.75, 3.05) is 0 Å². The molecule has 1 atom stereocenters. The van der Waals surface area contributed by atoms with Crippen molar-refractivity contribution < 1.29 is 9.50 Å². The molecule has 0 aliphatic carbocycles. The highest BCUT2D eigenvalue weighted by Gasteiger charge is 2.13. The first-order valence-electron chi connectivity index (χ1n) is 4.02. The highest BCUT2D eigenvalue weighted by atomic mass is 19.1. The van der Waals surface area contributed by atoms with Crippen LogP contribution in [0.2, 0.25) is 0 Å². The molecular formula is C10H12FO. The van der Waals surface area contributed by atoms with Gasteiger partial charge in [-0.1, -0.05) is 26.0 Å². The largest absolute Gasteiger partial charge is 0.228 e. The minimum atomic E-state index is -0.819. The Bertz CT molecular complexity index is 258. The van der Waals surface area contributed by atoms with Gasteiger partial charge in [-0.25, -0.2) is 9.50 Å². The molecular weight excluding hydrogens is 155 g/mol. The summed E-state index contributed by atoms with van der Waals surface area (Å²) in [6, 6.07) is 5.88. The molecule has 0 fully saturated rings. The number of hydrogen-bond donors (Lipinski definition) is 0. The Morgan fingerprint density at radius 2 is 2.00 bits per heavy atom. The van der Waals surface area contributed by atoms with E-state index >= 15 is 0 Å². The summed E-state index contributed by atoms with van der Waals surface area (Å²) < 4.78 is 12.7. The van der Waals surface area contributed by atoms with Crippen molar-refractivity contribution in [3.8, 4) is 0 Å². The van der Waals surface area contributed by atoms with Gasteiger partial charge < -0.3 is 0 Å². The van der Waals surface area contributed by atoms with Crippen LogP contribution in [-0.4, -0.2) is 0 Å². The molecule has 12 heavy (non-hydrogen) atoms. The molecule has 0 N–H and O–H groups in total. The number of benzene rings is 1. The first kappa shape index (κ1) is 9.20. The summed E-state index contributed by atoms with van der Waals surface area (Å²) in [5.74, 6) is -0.333. The van der Waals surface area contributed by atoms with E-state index in [0.717, 1.165) is 0 Å². The zero-order chi connectivity index (χ0) is 9.14. The van der Waals surface area contributed by atoms with E-state index in [9.17, 15) is 9.50 Å². The van der Waals surface area contributed by atoms with Crippen LogP contribution in [0, 0.1) is 11.7 Å². The Hall–Kier alpha value is -0.890. The molecule has 0 aliphatic heterocycles. The Kier molecular flexibility index (Phi) is 2.82. The van der Waals surface area contributed by atoms with Crippen LogP contribution < -0.4 is 0 Å². The third-order valence-corrected chi connectivity index (χ3v) is 1.78. The minimum Gasteiger partial charge on any atom is -0.228 e. The topological polar surface area (TPSA) is 19.9 Å². The molecule has 1 unspecified atom stereocenters. The molecule has 0 aliphatic rings. The quantitative estimate of drug-likeness (QED) is 0.645. The lowest BCUT2D eigenvalue weighted by molar-refractivity contribution is 0.0485. The van der Waals surface area contributed by atoms with Gasteiger partial charge in [0.25, 0.3) is 0 Å². The maximum Gasteiger partial charge on any atom is 0.123 e.